The van der Waals surface area contributed by atoms with E-state index >= 15 is 0 Å². The summed E-state index contributed by atoms with van der Waals surface area (Å²) in [5.41, 5.74) is 0. The molecule has 0 aliphatic rings. The minimum atomic E-state index is -3.18. The quantitative estimate of drug-likeness (QED) is 0.559. The van der Waals surface area contributed by atoms with E-state index in [1.165, 1.54) is 0 Å². The summed E-state index contributed by atoms with van der Waals surface area (Å²) in [5, 5.41) is 0. The highest BCUT2D eigenvalue weighted by Gasteiger charge is 2.05. The SMILES string of the molecule is CCCS(=O)(=O)OCC. The minimum absolute atomic E-state index is 0.126. The Morgan fingerprint density at radius 1 is 1.33 bits per heavy atom. The van der Waals surface area contributed by atoms with Gasteiger partial charge in [0.15, 0.2) is 0 Å². The van der Waals surface area contributed by atoms with Crippen molar-refractivity contribution in [1.82, 2.24) is 0 Å². The van der Waals surface area contributed by atoms with E-state index in [0.717, 1.165) is 0 Å². The van der Waals surface area contributed by atoms with Crippen LogP contribution in [-0.2, 0) is 14.3 Å². The third kappa shape index (κ3) is 4.42. The zero-order valence-corrected chi connectivity index (χ0v) is 6.57. The molecule has 0 aromatic carbocycles. The molecule has 0 saturated heterocycles. The molecule has 0 amide bonds. The Kier molecular flexibility index (Phi) is 3.81. The van der Waals surface area contributed by atoms with Gasteiger partial charge >= 0.3 is 0 Å². The molecule has 0 fully saturated rings. The zero-order chi connectivity index (χ0) is 7.33. The summed E-state index contributed by atoms with van der Waals surface area (Å²) in [4.78, 5) is 0. The monoisotopic (exact) mass is 152 g/mol. The first-order valence-electron chi connectivity index (χ1n) is 2.99. The van der Waals surface area contributed by atoms with Crippen molar-refractivity contribution in [2.75, 3.05) is 12.4 Å². The molecule has 0 saturated carbocycles. The number of rotatable bonds is 4. The molecule has 0 rings (SSSR count). The van der Waals surface area contributed by atoms with Gasteiger partial charge in [-0.25, -0.2) is 0 Å². The zero-order valence-electron chi connectivity index (χ0n) is 5.75. The lowest BCUT2D eigenvalue weighted by Crippen LogP contribution is -2.09. The van der Waals surface area contributed by atoms with Crippen molar-refractivity contribution in [3.05, 3.63) is 0 Å². The standard InChI is InChI=1S/C5H12O3S/c1-3-5-9(6,7)8-4-2/h3-5H2,1-2H3. The van der Waals surface area contributed by atoms with E-state index in [1.54, 1.807) is 13.8 Å². The number of hydrogen-bond donors (Lipinski definition) is 0. The summed E-state index contributed by atoms with van der Waals surface area (Å²) in [7, 11) is -3.18. The molecule has 0 bridgehead atoms. The first-order chi connectivity index (χ1) is 4.12. The molecule has 0 unspecified atom stereocenters. The van der Waals surface area contributed by atoms with Crippen molar-refractivity contribution in [2.45, 2.75) is 20.3 Å². The maximum atomic E-state index is 10.6. The third-order valence-corrected chi connectivity index (χ3v) is 2.25. The normalized spacial score (nSPS) is 11.8. The van der Waals surface area contributed by atoms with Crippen LogP contribution in [0.5, 0.6) is 0 Å². The second-order valence-corrected chi connectivity index (χ2v) is 3.43. The fraction of sp³-hybridized carbons (Fsp3) is 1.00. The molecule has 0 aliphatic carbocycles. The highest BCUT2D eigenvalue weighted by molar-refractivity contribution is 7.86. The Morgan fingerprint density at radius 2 is 1.89 bits per heavy atom. The lowest BCUT2D eigenvalue weighted by molar-refractivity contribution is 0.338. The van der Waals surface area contributed by atoms with Crippen LogP contribution < -0.4 is 0 Å². The molecule has 0 radical (unpaired) electrons. The molecule has 0 aromatic rings. The molecule has 56 valence electrons. The van der Waals surface area contributed by atoms with E-state index in [-0.39, 0.29) is 12.4 Å². The molecule has 0 atom stereocenters. The third-order valence-electron chi connectivity index (χ3n) is 0.752. The average molecular weight is 152 g/mol. The molecule has 0 spiro atoms. The van der Waals surface area contributed by atoms with E-state index in [9.17, 15) is 8.42 Å². The lowest BCUT2D eigenvalue weighted by Gasteiger charge is -1.98. The van der Waals surface area contributed by atoms with Gasteiger partial charge in [-0.3, -0.25) is 4.18 Å². The van der Waals surface area contributed by atoms with E-state index < -0.39 is 10.1 Å². The van der Waals surface area contributed by atoms with Gasteiger partial charge in [-0.2, -0.15) is 8.42 Å². The number of hydrogen-bond acceptors (Lipinski definition) is 3. The van der Waals surface area contributed by atoms with Crippen LogP contribution in [0.4, 0.5) is 0 Å². The van der Waals surface area contributed by atoms with Gasteiger partial charge in [0.1, 0.15) is 0 Å². The maximum absolute atomic E-state index is 10.6. The van der Waals surface area contributed by atoms with Gasteiger partial charge in [0.05, 0.1) is 12.4 Å². The van der Waals surface area contributed by atoms with Crippen LogP contribution in [-0.4, -0.2) is 20.8 Å². The van der Waals surface area contributed by atoms with Gasteiger partial charge in [-0.05, 0) is 13.3 Å². The Bertz CT molecular complexity index is 136. The summed E-state index contributed by atoms with van der Waals surface area (Å²) in [5.74, 6) is 0.126. The fourth-order valence-electron chi connectivity index (χ4n) is 0.488. The molecule has 0 aliphatic heterocycles. The van der Waals surface area contributed by atoms with Gasteiger partial charge in [0.2, 0.25) is 0 Å². The summed E-state index contributed by atoms with van der Waals surface area (Å²) >= 11 is 0. The summed E-state index contributed by atoms with van der Waals surface area (Å²) in [6, 6.07) is 0. The summed E-state index contributed by atoms with van der Waals surface area (Å²) < 4.78 is 25.7. The maximum Gasteiger partial charge on any atom is 0.267 e. The van der Waals surface area contributed by atoms with Crippen molar-refractivity contribution in [2.24, 2.45) is 0 Å². The Labute approximate surface area is 56.1 Å². The van der Waals surface area contributed by atoms with E-state index in [0.29, 0.717) is 6.42 Å². The van der Waals surface area contributed by atoms with Crippen LogP contribution in [0.25, 0.3) is 0 Å². The molecule has 3 nitrogen and oxygen atoms in total. The lowest BCUT2D eigenvalue weighted by atomic mass is 10.6. The van der Waals surface area contributed by atoms with Crippen molar-refractivity contribution in [3.8, 4) is 0 Å². The van der Waals surface area contributed by atoms with Gasteiger partial charge in [0.25, 0.3) is 10.1 Å². The average Bonchev–Trinajstić information content (AvgIpc) is 1.64. The molecule has 0 aromatic heterocycles. The van der Waals surface area contributed by atoms with Gasteiger partial charge in [-0.1, -0.05) is 6.92 Å². The minimum Gasteiger partial charge on any atom is -0.270 e. The topological polar surface area (TPSA) is 43.4 Å². The van der Waals surface area contributed by atoms with Crippen LogP contribution >= 0.6 is 0 Å². The Morgan fingerprint density at radius 3 is 2.22 bits per heavy atom. The molecule has 4 heteroatoms. The Balaban J connectivity index is 3.73. The van der Waals surface area contributed by atoms with E-state index in [2.05, 4.69) is 4.18 Å². The largest absolute Gasteiger partial charge is 0.270 e. The Hall–Kier alpha value is -0.0900. The van der Waals surface area contributed by atoms with Crippen LogP contribution in [0.1, 0.15) is 20.3 Å². The predicted octanol–water partition coefficient (Wildman–Crippen LogP) is 0.763. The van der Waals surface area contributed by atoms with Crippen LogP contribution in [0.15, 0.2) is 0 Å². The molecule has 0 heterocycles. The summed E-state index contributed by atoms with van der Waals surface area (Å²) in [6.45, 7) is 3.70. The van der Waals surface area contributed by atoms with Crippen LogP contribution in [0.3, 0.4) is 0 Å². The summed E-state index contributed by atoms with van der Waals surface area (Å²) in [6.07, 6.45) is 0.613. The highest BCUT2D eigenvalue weighted by Crippen LogP contribution is 1.93. The second kappa shape index (κ2) is 3.85. The predicted molar refractivity (Wildman–Crippen MR) is 35.7 cm³/mol. The van der Waals surface area contributed by atoms with Crippen molar-refractivity contribution in [1.29, 1.82) is 0 Å². The second-order valence-electron chi connectivity index (χ2n) is 1.67. The first kappa shape index (κ1) is 8.91. The molecule has 9 heavy (non-hydrogen) atoms. The molecule has 0 N–H and O–H groups in total. The van der Waals surface area contributed by atoms with Gasteiger partial charge < -0.3 is 0 Å². The van der Waals surface area contributed by atoms with Crippen molar-refractivity contribution in [3.63, 3.8) is 0 Å². The van der Waals surface area contributed by atoms with Gasteiger partial charge in [-0.15, -0.1) is 0 Å². The highest BCUT2D eigenvalue weighted by atomic mass is 32.2. The first-order valence-corrected chi connectivity index (χ1v) is 4.57. The van der Waals surface area contributed by atoms with Crippen LogP contribution in [0.2, 0.25) is 0 Å². The van der Waals surface area contributed by atoms with Crippen LogP contribution in [0, 0.1) is 0 Å². The molecular formula is C5H12O3S. The molecular weight excluding hydrogens is 140 g/mol. The van der Waals surface area contributed by atoms with E-state index in [1.807, 2.05) is 0 Å². The van der Waals surface area contributed by atoms with E-state index in [4.69, 9.17) is 0 Å². The fourth-order valence-corrected chi connectivity index (χ4v) is 1.47. The van der Waals surface area contributed by atoms with Crippen molar-refractivity contribution < 1.29 is 12.6 Å². The van der Waals surface area contributed by atoms with Gasteiger partial charge in [0, 0.05) is 0 Å². The smallest absolute Gasteiger partial charge is 0.267 e. The van der Waals surface area contributed by atoms with Crippen molar-refractivity contribution >= 4 is 10.1 Å².